The molecule has 0 spiro atoms. The van der Waals surface area contributed by atoms with Crippen LogP contribution in [0.1, 0.15) is 46.6 Å². The molecular formula is C43H33Cl2F3N4O5. The molecule has 2 saturated heterocycles. The van der Waals surface area contributed by atoms with Crippen LogP contribution in [-0.2, 0) is 37.2 Å². The number of nitrogens with zero attached hydrogens (tertiary/aromatic N) is 3. The average molecular weight is 814 g/mol. The number of phenols is 1. The number of aromatic hydroxyl groups is 1. The van der Waals surface area contributed by atoms with Gasteiger partial charge in [0.15, 0.2) is 5.82 Å². The number of alkyl halides is 3. The number of phenolic OH excluding ortho intramolecular Hbond substituents is 1. The highest BCUT2D eigenvalue weighted by molar-refractivity contribution is 6.33. The Labute approximate surface area is 335 Å². The van der Waals surface area contributed by atoms with Crippen LogP contribution in [0, 0.1) is 23.7 Å². The van der Waals surface area contributed by atoms with E-state index in [1.165, 1.54) is 4.90 Å². The number of amides is 4. The highest BCUT2D eigenvalue weighted by Gasteiger charge is 2.70. The molecule has 2 aliphatic carbocycles. The van der Waals surface area contributed by atoms with Gasteiger partial charge in [0.25, 0.3) is 11.8 Å². The number of allylic oxidation sites excluding steroid dienone is 3. The third-order valence-corrected chi connectivity index (χ3v) is 12.3. The van der Waals surface area contributed by atoms with Gasteiger partial charge in [0.2, 0.25) is 11.8 Å². The number of fused-ring (bicyclic) bond motifs is 4. The lowest BCUT2D eigenvalue weighted by Crippen LogP contribution is -2.53. The molecule has 4 aliphatic rings. The third kappa shape index (κ3) is 5.87. The van der Waals surface area contributed by atoms with E-state index in [0.717, 1.165) is 5.56 Å². The number of hydrogen-bond donors (Lipinski definition) is 2. The molecule has 8 rings (SSSR count). The lowest BCUT2D eigenvalue weighted by molar-refractivity contribution is -0.139. The molecule has 9 nitrogen and oxygen atoms in total. The fourth-order valence-electron chi connectivity index (χ4n) is 9.31. The minimum atomic E-state index is -4.76. The van der Waals surface area contributed by atoms with Crippen molar-refractivity contribution in [1.82, 2.24) is 9.99 Å². The van der Waals surface area contributed by atoms with E-state index in [-0.39, 0.29) is 30.8 Å². The zero-order chi connectivity index (χ0) is 40.6. The van der Waals surface area contributed by atoms with Crippen LogP contribution < -0.4 is 10.3 Å². The zero-order valence-electron chi connectivity index (χ0n) is 30.0. The lowest BCUT2D eigenvalue weighted by Gasteiger charge is -2.50. The first-order valence-electron chi connectivity index (χ1n) is 18.1. The molecule has 57 heavy (non-hydrogen) atoms. The van der Waals surface area contributed by atoms with Crippen molar-refractivity contribution in [3.8, 4) is 5.75 Å². The normalized spacial score (nSPS) is 25.5. The van der Waals surface area contributed by atoms with Crippen molar-refractivity contribution in [3.63, 3.8) is 0 Å². The molecule has 1 aromatic heterocycles. The SMILES string of the molecule is C=CCc1cccc(C2C3=CCC4C(=O)N(c5ccc(C=C)cc5)C(=O)C4C3CC3C(=O)N(Nc4ncc(C(F)(F)F)cc4Cl)C(=O)C32c2ccc(Cl)cc2)c1O. The van der Waals surface area contributed by atoms with Gasteiger partial charge in [-0.25, -0.2) is 4.98 Å². The molecule has 6 atom stereocenters. The number of nitrogens with one attached hydrogen (secondary N) is 1. The van der Waals surface area contributed by atoms with Crippen LogP contribution in [0.25, 0.3) is 6.08 Å². The van der Waals surface area contributed by atoms with Crippen LogP contribution >= 0.6 is 23.2 Å². The quantitative estimate of drug-likeness (QED) is 0.135. The van der Waals surface area contributed by atoms with Crippen molar-refractivity contribution in [3.05, 3.63) is 148 Å². The number of hydrogen-bond acceptors (Lipinski definition) is 7. The summed E-state index contributed by atoms with van der Waals surface area (Å²) >= 11 is 12.6. The minimum absolute atomic E-state index is 0.0710. The summed E-state index contributed by atoms with van der Waals surface area (Å²) in [6, 6.07) is 18.9. The van der Waals surface area contributed by atoms with Crippen LogP contribution in [0.15, 0.2) is 110 Å². The molecule has 2 aliphatic heterocycles. The Balaban J connectivity index is 1.32. The predicted octanol–water partition coefficient (Wildman–Crippen LogP) is 8.67. The number of carbonyl (C=O) groups is 4. The molecular weight excluding hydrogens is 780 g/mol. The van der Waals surface area contributed by atoms with Gasteiger partial charge in [0.05, 0.1) is 39.4 Å². The standard InChI is InChI=1S/C43H33Cl2F3N4O5/c1-3-6-23-7-5-8-30(36(23)53)35-28-17-18-29-34(40(56)51(38(29)54)27-15-9-22(4-2)10-16-27)31(28)20-32-39(55)52(41(57)42(32,35)24-11-13-26(44)14-12-24)50-37-33(45)19-25(21-49-37)43(46,47)48/h3-5,7-17,19,21,29,31-32,34-35,53H,1-2,6,18,20H2,(H,49,50). The van der Waals surface area contributed by atoms with Gasteiger partial charge in [-0.2, -0.15) is 18.2 Å². The fourth-order valence-corrected chi connectivity index (χ4v) is 9.64. The van der Waals surface area contributed by atoms with Crippen molar-refractivity contribution in [2.75, 3.05) is 10.3 Å². The van der Waals surface area contributed by atoms with Crippen molar-refractivity contribution in [2.24, 2.45) is 23.7 Å². The maximum absolute atomic E-state index is 15.4. The summed E-state index contributed by atoms with van der Waals surface area (Å²) in [5, 5.41) is 12.6. The Hall–Kier alpha value is -5.72. The molecule has 3 aromatic carbocycles. The zero-order valence-corrected chi connectivity index (χ0v) is 31.5. The number of halogens is 5. The van der Waals surface area contributed by atoms with E-state index in [9.17, 15) is 32.7 Å². The van der Waals surface area contributed by atoms with Crippen LogP contribution in [0.3, 0.4) is 0 Å². The molecule has 0 radical (unpaired) electrons. The van der Waals surface area contributed by atoms with Gasteiger partial charge in [-0.3, -0.25) is 29.5 Å². The number of imide groups is 2. The summed E-state index contributed by atoms with van der Waals surface area (Å²) in [6.45, 7) is 7.58. The van der Waals surface area contributed by atoms with E-state index in [0.29, 0.717) is 50.2 Å². The van der Waals surface area contributed by atoms with E-state index < -0.39 is 75.4 Å². The summed E-state index contributed by atoms with van der Waals surface area (Å²) in [5.41, 5.74) is 2.60. The molecule has 3 heterocycles. The van der Waals surface area contributed by atoms with Gasteiger partial charge in [-0.05, 0) is 72.2 Å². The average Bonchev–Trinajstić information content (AvgIpc) is 3.57. The van der Waals surface area contributed by atoms with Gasteiger partial charge in [-0.15, -0.1) is 6.58 Å². The number of rotatable bonds is 8. The Kier molecular flexibility index (Phi) is 9.40. The lowest BCUT2D eigenvalue weighted by atomic mass is 9.49. The first kappa shape index (κ1) is 38.2. The number of hydrazine groups is 1. The molecule has 6 unspecified atom stereocenters. The van der Waals surface area contributed by atoms with Gasteiger partial charge in [-0.1, -0.05) is 96.0 Å². The molecule has 3 fully saturated rings. The summed E-state index contributed by atoms with van der Waals surface area (Å²) < 4.78 is 40.6. The smallest absolute Gasteiger partial charge is 0.417 e. The van der Waals surface area contributed by atoms with Crippen molar-refractivity contribution < 1.29 is 37.5 Å². The number of pyridine rings is 1. The van der Waals surface area contributed by atoms with Crippen molar-refractivity contribution in [2.45, 2.75) is 36.8 Å². The van der Waals surface area contributed by atoms with Crippen LogP contribution in [0.2, 0.25) is 10.0 Å². The van der Waals surface area contributed by atoms with Crippen LogP contribution in [-0.4, -0.2) is 38.7 Å². The second-order valence-electron chi connectivity index (χ2n) is 14.6. The molecule has 290 valence electrons. The van der Waals surface area contributed by atoms with E-state index in [1.807, 2.05) is 6.08 Å². The molecule has 14 heteroatoms. The predicted molar refractivity (Wildman–Crippen MR) is 208 cm³/mol. The van der Waals surface area contributed by atoms with E-state index in [4.69, 9.17) is 23.2 Å². The number of benzene rings is 3. The number of aromatic nitrogens is 1. The van der Waals surface area contributed by atoms with E-state index in [1.54, 1.807) is 78.9 Å². The van der Waals surface area contributed by atoms with Crippen LogP contribution in [0.4, 0.5) is 24.7 Å². The summed E-state index contributed by atoms with van der Waals surface area (Å²) in [5.74, 6) is -7.70. The van der Waals surface area contributed by atoms with Gasteiger partial charge < -0.3 is 5.11 Å². The summed E-state index contributed by atoms with van der Waals surface area (Å²) in [6.07, 6.45) is 1.21. The van der Waals surface area contributed by atoms with Crippen LogP contribution in [0.5, 0.6) is 5.75 Å². The fraction of sp³-hybridized carbons (Fsp3) is 0.233. The van der Waals surface area contributed by atoms with Crippen molar-refractivity contribution >= 4 is 64.4 Å². The number of para-hydroxylation sites is 1. The minimum Gasteiger partial charge on any atom is -0.507 e. The van der Waals surface area contributed by atoms with Gasteiger partial charge in [0, 0.05) is 22.7 Å². The van der Waals surface area contributed by atoms with E-state index >= 15 is 4.79 Å². The van der Waals surface area contributed by atoms with Gasteiger partial charge >= 0.3 is 6.18 Å². The highest BCUT2D eigenvalue weighted by Crippen LogP contribution is 2.65. The van der Waals surface area contributed by atoms with Gasteiger partial charge in [0.1, 0.15) is 5.75 Å². The van der Waals surface area contributed by atoms with Crippen molar-refractivity contribution in [1.29, 1.82) is 0 Å². The van der Waals surface area contributed by atoms with E-state index in [2.05, 4.69) is 23.6 Å². The topological polar surface area (TPSA) is 120 Å². The summed E-state index contributed by atoms with van der Waals surface area (Å²) in [7, 11) is 0. The highest BCUT2D eigenvalue weighted by atomic mass is 35.5. The summed E-state index contributed by atoms with van der Waals surface area (Å²) in [4.78, 5) is 64.0. The molecule has 4 aromatic rings. The number of anilines is 2. The number of carbonyl (C=O) groups excluding carboxylic acids is 4. The monoisotopic (exact) mass is 812 g/mol. The Morgan fingerprint density at radius 3 is 2.32 bits per heavy atom. The Morgan fingerprint density at radius 2 is 1.67 bits per heavy atom. The first-order valence-corrected chi connectivity index (χ1v) is 18.8. The first-order chi connectivity index (χ1) is 27.2. The molecule has 2 N–H and O–H groups in total. The second kappa shape index (κ2) is 14.0. The molecule has 0 bridgehead atoms. The largest absolute Gasteiger partial charge is 0.507 e. The third-order valence-electron chi connectivity index (χ3n) is 11.8. The Morgan fingerprint density at radius 1 is 0.947 bits per heavy atom. The molecule has 1 saturated carbocycles. The Bertz CT molecular complexity index is 2420. The maximum atomic E-state index is 15.4. The molecule has 4 amide bonds. The second-order valence-corrected chi connectivity index (χ2v) is 15.4. The maximum Gasteiger partial charge on any atom is 0.417 e.